The molecule has 38 heavy (non-hydrogen) atoms. The van der Waals surface area contributed by atoms with E-state index in [0.717, 1.165) is 53.8 Å². The molecule has 2 heterocycles. The Morgan fingerprint density at radius 2 is 1.66 bits per heavy atom. The van der Waals surface area contributed by atoms with Crippen molar-refractivity contribution >= 4 is 35.2 Å². The minimum Gasteiger partial charge on any atom is -0.457 e. The molecule has 1 fully saturated rings. The van der Waals surface area contributed by atoms with Gasteiger partial charge in [-0.1, -0.05) is 32.0 Å². The third kappa shape index (κ3) is 5.89. The van der Waals surface area contributed by atoms with Crippen LogP contribution in [0.15, 0.2) is 60.8 Å². The van der Waals surface area contributed by atoms with E-state index in [1.54, 1.807) is 6.20 Å². The maximum atomic E-state index is 12.4. The molecule has 0 unspecified atom stereocenters. The van der Waals surface area contributed by atoms with Crippen molar-refractivity contribution in [1.29, 1.82) is 0 Å². The van der Waals surface area contributed by atoms with Crippen LogP contribution in [0.3, 0.4) is 0 Å². The van der Waals surface area contributed by atoms with E-state index >= 15 is 0 Å². The van der Waals surface area contributed by atoms with E-state index in [-0.39, 0.29) is 36.3 Å². The molecular weight excluding hydrogens is 502 g/mol. The fourth-order valence-electron chi connectivity index (χ4n) is 4.71. The number of nitrogens with two attached hydrogens (primary N) is 2. The SMILES string of the molecule is CC(C)[C@@H](N)C(=O)NC1CCC(n2ncc3c(N)nc(-c4ccc(Oc5ccccc5)cc4)nc32)CC1.Cl. The van der Waals surface area contributed by atoms with Gasteiger partial charge in [0, 0.05) is 11.6 Å². The number of nitrogen functional groups attached to an aromatic ring is 1. The molecule has 2 aromatic heterocycles. The van der Waals surface area contributed by atoms with Gasteiger partial charge in [-0.05, 0) is 68.0 Å². The van der Waals surface area contributed by atoms with Crippen molar-refractivity contribution in [2.45, 2.75) is 57.7 Å². The van der Waals surface area contributed by atoms with Crippen molar-refractivity contribution in [2.75, 3.05) is 5.73 Å². The molecule has 1 aliphatic carbocycles. The maximum absolute atomic E-state index is 12.4. The summed E-state index contributed by atoms with van der Waals surface area (Å²) in [4.78, 5) is 21.7. The van der Waals surface area contributed by atoms with Crippen molar-refractivity contribution < 1.29 is 9.53 Å². The summed E-state index contributed by atoms with van der Waals surface area (Å²) in [6, 6.07) is 17.1. The average Bonchev–Trinajstić information content (AvgIpc) is 3.34. The van der Waals surface area contributed by atoms with Crippen LogP contribution >= 0.6 is 12.4 Å². The summed E-state index contributed by atoms with van der Waals surface area (Å²) < 4.78 is 7.85. The smallest absolute Gasteiger partial charge is 0.237 e. The third-order valence-corrected chi connectivity index (χ3v) is 6.98. The van der Waals surface area contributed by atoms with Gasteiger partial charge >= 0.3 is 0 Å². The van der Waals surface area contributed by atoms with Gasteiger partial charge in [-0.3, -0.25) is 4.79 Å². The van der Waals surface area contributed by atoms with Crippen molar-refractivity contribution in [1.82, 2.24) is 25.1 Å². The molecular formula is C28H34ClN7O2. The summed E-state index contributed by atoms with van der Waals surface area (Å²) in [6.45, 7) is 3.91. The van der Waals surface area contributed by atoms with Gasteiger partial charge in [0.25, 0.3) is 0 Å². The highest BCUT2D eigenvalue weighted by molar-refractivity contribution is 5.87. The molecule has 1 aliphatic rings. The molecule has 9 nitrogen and oxygen atoms in total. The van der Waals surface area contributed by atoms with E-state index in [0.29, 0.717) is 11.6 Å². The molecule has 4 aromatic rings. The first-order valence-corrected chi connectivity index (χ1v) is 12.8. The number of ether oxygens (including phenoxy) is 1. The molecule has 10 heteroatoms. The number of anilines is 1. The molecule has 5 rings (SSSR count). The molecule has 0 radical (unpaired) electrons. The number of amides is 1. The standard InChI is InChI=1S/C28H33N7O2.ClH/c1-17(2)24(29)28(36)32-19-10-12-20(13-11-19)35-27-23(16-31-35)25(30)33-26(34-27)18-8-14-22(15-9-18)37-21-6-4-3-5-7-21;/h3-9,14-17,19-20,24H,10-13,29H2,1-2H3,(H,32,36)(H2,30,33,34);1H/t19?,20?,24-;/m1./s1. The lowest BCUT2D eigenvalue weighted by Crippen LogP contribution is -2.48. The predicted octanol–water partition coefficient (Wildman–Crippen LogP) is 4.87. The Labute approximate surface area is 228 Å². The molecule has 5 N–H and O–H groups in total. The number of carbonyl (C=O) groups excluding carboxylic acids is 1. The topological polar surface area (TPSA) is 134 Å². The fraction of sp³-hybridized carbons (Fsp3) is 0.357. The number of nitrogens with one attached hydrogen (secondary N) is 1. The van der Waals surface area contributed by atoms with Gasteiger partial charge in [0.15, 0.2) is 11.5 Å². The van der Waals surface area contributed by atoms with Crippen LogP contribution in [0.5, 0.6) is 11.5 Å². The summed E-state index contributed by atoms with van der Waals surface area (Å²) in [5, 5.41) is 8.47. The van der Waals surface area contributed by atoms with Crippen LogP contribution in [-0.4, -0.2) is 37.7 Å². The number of hydrogen-bond acceptors (Lipinski definition) is 7. The Bertz CT molecular complexity index is 1370. The molecule has 0 bridgehead atoms. The third-order valence-electron chi connectivity index (χ3n) is 6.98. The lowest BCUT2D eigenvalue weighted by atomic mass is 9.90. The highest BCUT2D eigenvalue weighted by Crippen LogP contribution is 2.32. The lowest BCUT2D eigenvalue weighted by molar-refractivity contribution is -0.124. The zero-order chi connectivity index (χ0) is 25.9. The summed E-state index contributed by atoms with van der Waals surface area (Å²) in [5.41, 5.74) is 13.9. The number of aromatic nitrogens is 4. The van der Waals surface area contributed by atoms with Gasteiger partial charge in [0.05, 0.1) is 23.7 Å². The largest absolute Gasteiger partial charge is 0.457 e. The molecule has 0 spiro atoms. The zero-order valence-electron chi connectivity index (χ0n) is 21.6. The molecule has 1 amide bonds. The first-order chi connectivity index (χ1) is 17.9. The molecule has 1 atom stereocenters. The first kappa shape index (κ1) is 27.3. The number of rotatable bonds is 7. The Morgan fingerprint density at radius 1 is 1.00 bits per heavy atom. The van der Waals surface area contributed by atoms with Crippen LogP contribution in [-0.2, 0) is 4.79 Å². The minimum atomic E-state index is -0.482. The fourth-order valence-corrected chi connectivity index (χ4v) is 4.71. The molecule has 1 saturated carbocycles. The van der Waals surface area contributed by atoms with Gasteiger partial charge in [-0.2, -0.15) is 5.10 Å². The number of hydrogen-bond donors (Lipinski definition) is 3. The Hall–Kier alpha value is -3.69. The minimum absolute atomic E-state index is 0. The van der Waals surface area contributed by atoms with Gasteiger partial charge in [0.1, 0.15) is 17.3 Å². The van der Waals surface area contributed by atoms with Crippen LogP contribution in [0.25, 0.3) is 22.4 Å². The van der Waals surface area contributed by atoms with Crippen molar-refractivity contribution in [3.63, 3.8) is 0 Å². The van der Waals surface area contributed by atoms with Crippen LogP contribution in [0.4, 0.5) is 5.82 Å². The second kappa shape index (κ2) is 11.8. The van der Waals surface area contributed by atoms with E-state index < -0.39 is 6.04 Å². The van der Waals surface area contributed by atoms with E-state index in [2.05, 4.69) is 15.4 Å². The van der Waals surface area contributed by atoms with E-state index in [1.165, 1.54) is 0 Å². The van der Waals surface area contributed by atoms with Gasteiger partial charge in [0.2, 0.25) is 5.91 Å². The number of halogens is 1. The quantitative estimate of drug-likeness (QED) is 0.307. The Kier molecular flexibility index (Phi) is 8.48. The van der Waals surface area contributed by atoms with Crippen molar-refractivity contribution in [3.8, 4) is 22.9 Å². The number of para-hydroxylation sites is 1. The molecule has 200 valence electrons. The summed E-state index contributed by atoms with van der Waals surface area (Å²) in [5.74, 6) is 2.48. The van der Waals surface area contributed by atoms with E-state index in [1.807, 2.05) is 73.1 Å². The van der Waals surface area contributed by atoms with Crippen LogP contribution in [0, 0.1) is 5.92 Å². The monoisotopic (exact) mass is 535 g/mol. The maximum Gasteiger partial charge on any atom is 0.237 e. The summed E-state index contributed by atoms with van der Waals surface area (Å²) in [7, 11) is 0. The highest BCUT2D eigenvalue weighted by Gasteiger charge is 2.28. The lowest BCUT2D eigenvalue weighted by Gasteiger charge is -2.30. The summed E-state index contributed by atoms with van der Waals surface area (Å²) in [6.07, 6.45) is 5.21. The van der Waals surface area contributed by atoms with Gasteiger partial charge in [-0.15, -0.1) is 12.4 Å². The second-order valence-corrected chi connectivity index (χ2v) is 9.98. The van der Waals surface area contributed by atoms with Crippen LogP contribution in [0.1, 0.15) is 45.6 Å². The average molecular weight is 536 g/mol. The molecule has 0 saturated heterocycles. The van der Waals surface area contributed by atoms with Gasteiger partial charge in [-0.25, -0.2) is 14.6 Å². The summed E-state index contributed by atoms with van der Waals surface area (Å²) >= 11 is 0. The Balaban J connectivity index is 0.00000336. The number of nitrogens with zero attached hydrogens (tertiary/aromatic N) is 4. The van der Waals surface area contributed by atoms with E-state index in [9.17, 15) is 4.79 Å². The van der Waals surface area contributed by atoms with Crippen LogP contribution < -0.4 is 21.5 Å². The van der Waals surface area contributed by atoms with E-state index in [4.69, 9.17) is 21.2 Å². The predicted molar refractivity (Wildman–Crippen MR) is 151 cm³/mol. The normalized spacial score (nSPS) is 18.1. The Morgan fingerprint density at radius 3 is 2.32 bits per heavy atom. The number of carbonyl (C=O) groups is 1. The second-order valence-electron chi connectivity index (χ2n) is 9.98. The number of fused-ring (bicyclic) bond motifs is 1. The van der Waals surface area contributed by atoms with Crippen LogP contribution in [0.2, 0.25) is 0 Å². The first-order valence-electron chi connectivity index (χ1n) is 12.8. The molecule has 2 aromatic carbocycles. The molecule has 0 aliphatic heterocycles. The van der Waals surface area contributed by atoms with Gasteiger partial charge < -0.3 is 21.5 Å². The van der Waals surface area contributed by atoms with Crippen molar-refractivity contribution in [2.24, 2.45) is 11.7 Å². The van der Waals surface area contributed by atoms with Crippen molar-refractivity contribution in [3.05, 3.63) is 60.8 Å². The highest BCUT2D eigenvalue weighted by atomic mass is 35.5. The zero-order valence-corrected chi connectivity index (χ0v) is 22.4. The number of benzene rings is 2.